The van der Waals surface area contributed by atoms with E-state index < -0.39 is 0 Å². The SMILES string of the molecule is N#CSCc1nc2c(c(=O)n1CC1CCCC1)C1(CCCCC1)Cc1ccccc1-2. The van der Waals surface area contributed by atoms with Gasteiger partial charge >= 0.3 is 0 Å². The highest BCUT2D eigenvalue weighted by molar-refractivity contribution is 8.02. The summed E-state index contributed by atoms with van der Waals surface area (Å²) in [5.41, 5.74) is 4.44. The summed E-state index contributed by atoms with van der Waals surface area (Å²) in [5.74, 6) is 1.81. The van der Waals surface area contributed by atoms with E-state index in [9.17, 15) is 4.79 Å². The number of aromatic nitrogens is 2. The molecule has 1 spiro atoms. The molecule has 3 aliphatic rings. The number of nitriles is 1. The number of hydrogen-bond donors (Lipinski definition) is 0. The Balaban J connectivity index is 1.72. The van der Waals surface area contributed by atoms with Crippen molar-refractivity contribution >= 4 is 11.8 Å². The number of benzene rings is 1. The summed E-state index contributed by atoms with van der Waals surface area (Å²) >= 11 is 1.18. The number of nitrogens with zero attached hydrogens (tertiary/aromatic N) is 3. The Hall–Kier alpha value is -2.06. The smallest absolute Gasteiger partial charge is 0.257 e. The van der Waals surface area contributed by atoms with E-state index in [1.165, 1.54) is 62.3 Å². The zero-order chi connectivity index (χ0) is 20.6. The molecule has 2 aromatic rings. The molecule has 0 saturated heterocycles. The molecule has 5 rings (SSSR count). The number of thiocyanates is 1. The molecule has 4 nitrogen and oxygen atoms in total. The van der Waals surface area contributed by atoms with Crippen molar-refractivity contribution in [1.82, 2.24) is 9.55 Å². The van der Waals surface area contributed by atoms with E-state index in [4.69, 9.17) is 10.2 Å². The number of rotatable bonds is 4. The van der Waals surface area contributed by atoms with Crippen LogP contribution in [0, 0.1) is 16.6 Å². The predicted molar refractivity (Wildman–Crippen MR) is 121 cm³/mol. The summed E-state index contributed by atoms with van der Waals surface area (Å²) in [6.45, 7) is 0.762. The summed E-state index contributed by atoms with van der Waals surface area (Å²) in [7, 11) is 0. The Labute approximate surface area is 182 Å². The van der Waals surface area contributed by atoms with Gasteiger partial charge in [-0.3, -0.25) is 9.36 Å². The fraction of sp³-hybridized carbons (Fsp3) is 0.560. The molecule has 1 aromatic carbocycles. The van der Waals surface area contributed by atoms with Gasteiger partial charge in [0, 0.05) is 17.5 Å². The van der Waals surface area contributed by atoms with Gasteiger partial charge in [0.25, 0.3) is 5.56 Å². The van der Waals surface area contributed by atoms with Gasteiger partial charge in [0.2, 0.25) is 0 Å². The molecule has 2 saturated carbocycles. The van der Waals surface area contributed by atoms with Crippen LogP contribution in [0.25, 0.3) is 11.3 Å². The van der Waals surface area contributed by atoms with Crippen LogP contribution < -0.4 is 5.56 Å². The molecule has 2 fully saturated rings. The van der Waals surface area contributed by atoms with Crippen molar-refractivity contribution in [3.8, 4) is 16.7 Å². The molecule has 0 aliphatic heterocycles. The maximum atomic E-state index is 14.1. The summed E-state index contributed by atoms with van der Waals surface area (Å²) in [6.07, 6.45) is 11.7. The van der Waals surface area contributed by atoms with E-state index >= 15 is 0 Å². The minimum absolute atomic E-state index is 0.0651. The molecule has 5 heteroatoms. The van der Waals surface area contributed by atoms with Crippen molar-refractivity contribution in [3.63, 3.8) is 0 Å². The molecule has 30 heavy (non-hydrogen) atoms. The lowest BCUT2D eigenvalue weighted by Crippen LogP contribution is -2.44. The second-order valence-electron chi connectivity index (χ2n) is 9.37. The molecular formula is C25H29N3OS. The van der Waals surface area contributed by atoms with Crippen LogP contribution in [0.3, 0.4) is 0 Å². The highest BCUT2D eigenvalue weighted by Crippen LogP contribution is 2.48. The third-order valence-electron chi connectivity index (χ3n) is 7.57. The number of thioether (sulfide) groups is 1. The van der Waals surface area contributed by atoms with Gasteiger partial charge in [-0.1, -0.05) is 56.4 Å². The lowest BCUT2D eigenvalue weighted by molar-refractivity contribution is 0.281. The van der Waals surface area contributed by atoms with Crippen molar-refractivity contribution in [2.45, 2.75) is 81.9 Å². The summed E-state index contributed by atoms with van der Waals surface area (Å²) < 4.78 is 1.96. The Morgan fingerprint density at radius 2 is 1.90 bits per heavy atom. The number of hydrogen-bond acceptors (Lipinski definition) is 4. The molecule has 0 amide bonds. The largest absolute Gasteiger partial charge is 0.295 e. The third-order valence-corrected chi connectivity index (χ3v) is 8.10. The number of fused-ring (bicyclic) bond motifs is 4. The Morgan fingerprint density at radius 1 is 1.13 bits per heavy atom. The van der Waals surface area contributed by atoms with Gasteiger partial charge in [-0.15, -0.1) is 0 Å². The van der Waals surface area contributed by atoms with Crippen LogP contribution in [0.4, 0.5) is 0 Å². The molecular weight excluding hydrogens is 390 g/mol. The molecule has 0 N–H and O–H groups in total. The molecule has 3 aliphatic carbocycles. The van der Waals surface area contributed by atoms with Crippen LogP contribution in [0.5, 0.6) is 0 Å². The average molecular weight is 420 g/mol. The van der Waals surface area contributed by atoms with Crippen LogP contribution in [0.15, 0.2) is 29.1 Å². The van der Waals surface area contributed by atoms with Crippen molar-refractivity contribution in [1.29, 1.82) is 5.26 Å². The first-order valence-electron chi connectivity index (χ1n) is 11.5. The van der Waals surface area contributed by atoms with E-state index in [0.29, 0.717) is 11.7 Å². The van der Waals surface area contributed by atoms with Crippen molar-refractivity contribution in [2.24, 2.45) is 5.92 Å². The minimum atomic E-state index is -0.0651. The first kappa shape index (κ1) is 19.9. The second kappa shape index (κ2) is 8.23. The molecule has 156 valence electrons. The Morgan fingerprint density at radius 3 is 2.67 bits per heavy atom. The zero-order valence-electron chi connectivity index (χ0n) is 17.5. The molecule has 1 heterocycles. The molecule has 0 unspecified atom stereocenters. The van der Waals surface area contributed by atoms with E-state index in [0.717, 1.165) is 48.5 Å². The summed E-state index contributed by atoms with van der Waals surface area (Å²) in [5, 5.41) is 11.3. The molecule has 1 aromatic heterocycles. The first-order valence-corrected chi connectivity index (χ1v) is 12.4. The van der Waals surface area contributed by atoms with Crippen molar-refractivity contribution in [2.75, 3.05) is 0 Å². The highest BCUT2D eigenvalue weighted by atomic mass is 32.2. The van der Waals surface area contributed by atoms with Crippen molar-refractivity contribution < 1.29 is 0 Å². The second-order valence-corrected chi connectivity index (χ2v) is 10.1. The molecule has 0 bridgehead atoms. The normalized spacial score (nSPS) is 20.0. The van der Waals surface area contributed by atoms with Gasteiger partial charge in [0.15, 0.2) is 0 Å². The van der Waals surface area contributed by atoms with Crippen LogP contribution in [-0.4, -0.2) is 9.55 Å². The average Bonchev–Trinajstić information content (AvgIpc) is 3.28. The summed E-state index contributed by atoms with van der Waals surface area (Å²) in [4.78, 5) is 19.2. The van der Waals surface area contributed by atoms with Crippen molar-refractivity contribution in [3.05, 3.63) is 51.6 Å². The highest BCUT2D eigenvalue weighted by Gasteiger charge is 2.43. The molecule has 0 atom stereocenters. The van der Waals surface area contributed by atoms with Gasteiger partial charge in [-0.05, 0) is 55.3 Å². The standard InChI is InChI=1S/C25H29N3OS/c26-17-30-16-21-27-23-20-11-5-4-10-19(20)14-25(12-6-1-7-13-25)22(23)24(29)28(21)15-18-8-2-3-9-18/h4-5,10-11,18H,1-3,6-9,12-16H2. The summed E-state index contributed by atoms with van der Waals surface area (Å²) in [6, 6.07) is 8.49. The monoisotopic (exact) mass is 419 g/mol. The van der Waals surface area contributed by atoms with Crippen LogP contribution >= 0.6 is 11.8 Å². The van der Waals surface area contributed by atoms with Gasteiger partial charge in [0.05, 0.1) is 17.0 Å². The lowest BCUT2D eigenvalue weighted by Gasteiger charge is -2.42. The fourth-order valence-electron chi connectivity index (χ4n) is 6.13. The maximum Gasteiger partial charge on any atom is 0.257 e. The van der Waals surface area contributed by atoms with E-state index in [-0.39, 0.29) is 11.0 Å². The predicted octanol–water partition coefficient (Wildman–Crippen LogP) is 5.57. The van der Waals surface area contributed by atoms with E-state index in [1.807, 2.05) is 4.57 Å². The van der Waals surface area contributed by atoms with Crippen LogP contribution in [0.1, 0.15) is 74.7 Å². The fourth-order valence-corrected chi connectivity index (χ4v) is 6.55. The van der Waals surface area contributed by atoms with Gasteiger partial charge in [-0.2, -0.15) is 5.26 Å². The topological polar surface area (TPSA) is 58.7 Å². The maximum absolute atomic E-state index is 14.1. The van der Waals surface area contributed by atoms with Crippen LogP contribution in [0.2, 0.25) is 0 Å². The van der Waals surface area contributed by atoms with Gasteiger partial charge in [0.1, 0.15) is 11.2 Å². The Bertz CT molecular complexity index is 1040. The van der Waals surface area contributed by atoms with E-state index in [1.54, 1.807) is 0 Å². The van der Waals surface area contributed by atoms with E-state index in [2.05, 4.69) is 29.7 Å². The van der Waals surface area contributed by atoms with Gasteiger partial charge < -0.3 is 0 Å². The van der Waals surface area contributed by atoms with Gasteiger partial charge in [-0.25, -0.2) is 4.98 Å². The molecule has 0 radical (unpaired) electrons. The minimum Gasteiger partial charge on any atom is -0.295 e. The first-order chi connectivity index (χ1) is 14.7. The quantitative estimate of drug-likeness (QED) is 0.608. The zero-order valence-corrected chi connectivity index (χ0v) is 18.3. The third kappa shape index (κ3) is 3.39. The lowest BCUT2D eigenvalue weighted by atomic mass is 9.62. The van der Waals surface area contributed by atoms with Crippen LogP contribution in [-0.2, 0) is 24.1 Å². The Kier molecular flexibility index (Phi) is 5.45.